The minimum atomic E-state index is -0.819. The van der Waals surface area contributed by atoms with E-state index in [4.69, 9.17) is 9.52 Å². The zero-order valence-corrected chi connectivity index (χ0v) is 10.9. The zero-order chi connectivity index (χ0) is 13.7. The molecule has 0 bridgehead atoms. The van der Waals surface area contributed by atoms with Crippen LogP contribution in [0.5, 0.6) is 0 Å². The number of hydrogen-bond acceptors (Lipinski definition) is 3. The second-order valence-corrected chi connectivity index (χ2v) is 5.31. The minimum Gasteiger partial charge on any atom is -0.481 e. The monoisotopic (exact) mass is 265 g/mol. The molecule has 2 N–H and O–H groups in total. The summed E-state index contributed by atoms with van der Waals surface area (Å²) in [4.78, 5) is 22.9. The fraction of sp³-hybridized carbons (Fsp3) is 0.571. The Hall–Kier alpha value is -1.78. The van der Waals surface area contributed by atoms with Gasteiger partial charge in [-0.05, 0) is 30.4 Å². The van der Waals surface area contributed by atoms with Gasteiger partial charge in [-0.25, -0.2) is 0 Å². The fourth-order valence-electron chi connectivity index (χ4n) is 2.86. The van der Waals surface area contributed by atoms with Crippen LogP contribution in [0.4, 0.5) is 0 Å². The van der Waals surface area contributed by atoms with Gasteiger partial charge < -0.3 is 14.8 Å². The number of rotatable bonds is 6. The first kappa shape index (κ1) is 13.6. The molecule has 104 valence electrons. The van der Waals surface area contributed by atoms with E-state index >= 15 is 0 Å². The fourth-order valence-corrected chi connectivity index (χ4v) is 2.86. The average Bonchev–Trinajstić information content (AvgIpc) is 2.97. The Morgan fingerprint density at radius 2 is 2.05 bits per heavy atom. The van der Waals surface area contributed by atoms with Gasteiger partial charge in [0.05, 0.1) is 19.2 Å². The van der Waals surface area contributed by atoms with E-state index in [2.05, 4.69) is 5.32 Å². The highest BCUT2D eigenvalue weighted by Gasteiger charge is 2.37. The van der Waals surface area contributed by atoms with Gasteiger partial charge in [0.1, 0.15) is 5.76 Å². The quantitative estimate of drug-likeness (QED) is 0.827. The molecule has 0 aliphatic heterocycles. The molecule has 2 rings (SSSR count). The second-order valence-electron chi connectivity index (χ2n) is 5.31. The number of carboxylic acids is 1. The third kappa shape index (κ3) is 3.84. The van der Waals surface area contributed by atoms with Crippen LogP contribution in [0, 0.1) is 5.41 Å². The number of nitrogens with one attached hydrogen (secondary N) is 1. The maximum atomic E-state index is 11.9. The Labute approximate surface area is 112 Å². The first-order valence-electron chi connectivity index (χ1n) is 6.61. The Bertz CT molecular complexity index is 432. The molecular weight excluding hydrogens is 246 g/mol. The molecule has 1 saturated carbocycles. The molecule has 0 atom stereocenters. The number of amides is 1. The van der Waals surface area contributed by atoms with Gasteiger partial charge in [-0.15, -0.1) is 0 Å². The Morgan fingerprint density at radius 3 is 2.63 bits per heavy atom. The molecule has 1 amide bonds. The van der Waals surface area contributed by atoms with E-state index in [1.54, 1.807) is 18.4 Å². The zero-order valence-electron chi connectivity index (χ0n) is 10.9. The van der Waals surface area contributed by atoms with E-state index < -0.39 is 5.97 Å². The Balaban J connectivity index is 1.86. The first-order valence-corrected chi connectivity index (χ1v) is 6.61. The van der Waals surface area contributed by atoms with Crippen molar-refractivity contribution < 1.29 is 19.1 Å². The normalized spacial score (nSPS) is 17.3. The first-order chi connectivity index (χ1) is 9.10. The summed E-state index contributed by atoms with van der Waals surface area (Å²) in [6.07, 6.45) is 5.62. The number of carbonyl (C=O) groups is 2. The van der Waals surface area contributed by atoms with Crippen LogP contribution >= 0.6 is 0 Å². The lowest BCUT2D eigenvalue weighted by Gasteiger charge is -2.26. The topological polar surface area (TPSA) is 79.5 Å². The largest absolute Gasteiger partial charge is 0.481 e. The van der Waals surface area contributed by atoms with Crippen LogP contribution in [0.25, 0.3) is 0 Å². The molecule has 0 saturated heterocycles. The molecule has 1 aromatic rings. The van der Waals surface area contributed by atoms with Crippen molar-refractivity contribution in [2.75, 3.05) is 0 Å². The molecule has 0 spiro atoms. The molecular formula is C14H19NO4. The molecule has 1 aliphatic rings. The lowest BCUT2D eigenvalue weighted by molar-refractivity contribution is -0.140. The van der Waals surface area contributed by atoms with E-state index in [-0.39, 0.29) is 17.7 Å². The third-order valence-electron chi connectivity index (χ3n) is 3.77. The van der Waals surface area contributed by atoms with Crippen molar-refractivity contribution in [2.24, 2.45) is 5.41 Å². The molecule has 5 nitrogen and oxygen atoms in total. The summed E-state index contributed by atoms with van der Waals surface area (Å²) in [6, 6.07) is 3.56. The van der Waals surface area contributed by atoms with Crippen molar-refractivity contribution in [3.63, 3.8) is 0 Å². The maximum Gasteiger partial charge on any atom is 0.303 e. The van der Waals surface area contributed by atoms with Gasteiger partial charge >= 0.3 is 5.97 Å². The van der Waals surface area contributed by atoms with E-state index in [0.29, 0.717) is 18.7 Å². The highest BCUT2D eigenvalue weighted by Crippen LogP contribution is 2.43. The SMILES string of the molecule is O=C(O)CC1(CC(=O)NCc2ccco2)CCCC1. The highest BCUT2D eigenvalue weighted by atomic mass is 16.4. The van der Waals surface area contributed by atoms with Crippen LogP contribution < -0.4 is 5.32 Å². The van der Waals surface area contributed by atoms with Crippen molar-refractivity contribution in [3.05, 3.63) is 24.2 Å². The summed E-state index contributed by atoms with van der Waals surface area (Å²) in [7, 11) is 0. The molecule has 0 radical (unpaired) electrons. The van der Waals surface area contributed by atoms with Crippen molar-refractivity contribution in [1.29, 1.82) is 0 Å². The van der Waals surface area contributed by atoms with E-state index in [0.717, 1.165) is 25.7 Å². The summed E-state index contributed by atoms with van der Waals surface area (Å²) in [5, 5.41) is 11.8. The summed E-state index contributed by atoms with van der Waals surface area (Å²) >= 11 is 0. The van der Waals surface area contributed by atoms with Crippen molar-refractivity contribution in [3.8, 4) is 0 Å². The van der Waals surface area contributed by atoms with Crippen molar-refractivity contribution in [1.82, 2.24) is 5.32 Å². The van der Waals surface area contributed by atoms with E-state index in [1.165, 1.54) is 0 Å². The van der Waals surface area contributed by atoms with Crippen molar-refractivity contribution >= 4 is 11.9 Å². The number of aliphatic carboxylic acids is 1. The van der Waals surface area contributed by atoms with Crippen molar-refractivity contribution in [2.45, 2.75) is 45.1 Å². The number of hydrogen-bond donors (Lipinski definition) is 2. The van der Waals surface area contributed by atoms with Gasteiger partial charge in [0.2, 0.25) is 5.91 Å². The molecule has 5 heteroatoms. The third-order valence-corrected chi connectivity index (χ3v) is 3.77. The number of carbonyl (C=O) groups excluding carboxylic acids is 1. The van der Waals surface area contributed by atoms with Crippen LogP contribution in [-0.4, -0.2) is 17.0 Å². The smallest absolute Gasteiger partial charge is 0.303 e. The minimum absolute atomic E-state index is 0.0845. The van der Waals surface area contributed by atoms with E-state index in [1.807, 2.05) is 0 Å². The number of furan rings is 1. The van der Waals surface area contributed by atoms with Gasteiger partial charge in [-0.1, -0.05) is 12.8 Å². The van der Waals surface area contributed by atoms with Gasteiger partial charge in [0, 0.05) is 6.42 Å². The summed E-state index contributed by atoms with van der Waals surface area (Å²) in [5.41, 5.74) is -0.348. The number of carboxylic acid groups (broad SMARTS) is 1. The predicted molar refractivity (Wildman–Crippen MR) is 68.3 cm³/mol. The molecule has 1 aromatic heterocycles. The van der Waals surface area contributed by atoms with Crippen LogP contribution in [-0.2, 0) is 16.1 Å². The standard InChI is InChI=1S/C14H19NO4/c16-12(15-10-11-4-3-7-19-11)8-14(9-13(17)18)5-1-2-6-14/h3-4,7H,1-2,5-6,8-10H2,(H,15,16)(H,17,18). The molecule has 1 aliphatic carbocycles. The molecule has 0 unspecified atom stereocenters. The summed E-state index contributed by atoms with van der Waals surface area (Å²) in [5.74, 6) is -0.215. The maximum absolute atomic E-state index is 11.9. The van der Waals surface area contributed by atoms with Crippen LogP contribution in [0.15, 0.2) is 22.8 Å². The van der Waals surface area contributed by atoms with Crippen LogP contribution in [0.3, 0.4) is 0 Å². The Morgan fingerprint density at radius 1 is 1.32 bits per heavy atom. The van der Waals surface area contributed by atoms with Gasteiger partial charge in [0.15, 0.2) is 0 Å². The molecule has 19 heavy (non-hydrogen) atoms. The summed E-state index contributed by atoms with van der Waals surface area (Å²) in [6.45, 7) is 0.356. The molecule has 1 heterocycles. The van der Waals surface area contributed by atoms with Gasteiger partial charge in [-0.2, -0.15) is 0 Å². The second kappa shape index (κ2) is 5.91. The lowest BCUT2D eigenvalue weighted by atomic mass is 9.79. The van der Waals surface area contributed by atoms with Crippen LogP contribution in [0.2, 0.25) is 0 Å². The molecule has 0 aromatic carbocycles. The van der Waals surface area contributed by atoms with E-state index in [9.17, 15) is 9.59 Å². The average molecular weight is 265 g/mol. The lowest BCUT2D eigenvalue weighted by Crippen LogP contribution is -2.31. The highest BCUT2D eigenvalue weighted by molar-refractivity contribution is 5.78. The predicted octanol–water partition coefficient (Wildman–Crippen LogP) is 2.32. The molecule has 1 fully saturated rings. The Kier molecular flexibility index (Phi) is 4.24. The summed E-state index contributed by atoms with van der Waals surface area (Å²) < 4.78 is 5.13. The van der Waals surface area contributed by atoms with Gasteiger partial charge in [-0.3, -0.25) is 9.59 Å². The van der Waals surface area contributed by atoms with Crippen LogP contribution in [0.1, 0.15) is 44.3 Å². The van der Waals surface area contributed by atoms with Gasteiger partial charge in [0.25, 0.3) is 0 Å².